The third-order valence-electron chi connectivity index (χ3n) is 5.26. The van der Waals surface area contributed by atoms with E-state index < -0.39 is 10.1 Å². The standard InChI is InChI=1S/C23H16N2O6S/c26-14-4-1-3-12(9-14)13-7-8-15(19(28)10-13)23-24-17-11-20(32(29,30)31)16-5-2-6-18(27)21(16)22(17)25-23/h1-11,26-28H,(H,24,25)(H,29,30,31). The zero-order valence-electron chi connectivity index (χ0n) is 16.3. The van der Waals surface area contributed by atoms with Gasteiger partial charge in [-0.05, 0) is 47.5 Å². The summed E-state index contributed by atoms with van der Waals surface area (Å²) in [5.74, 6) is 0.0645. The minimum atomic E-state index is -4.57. The number of aromatic nitrogens is 2. The Morgan fingerprint density at radius 1 is 0.812 bits per heavy atom. The minimum absolute atomic E-state index is 0.0894. The summed E-state index contributed by atoms with van der Waals surface area (Å²) < 4.78 is 33.5. The number of phenols is 3. The van der Waals surface area contributed by atoms with Crippen molar-refractivity contribution in [3.63, 3.8) is 0 Å². The average Bonchev–Trinajstić information content (AvgIpc) is 3.16. The van der Waals surface area contributed by atoms with Crippen LogP contribution in [0.3, 0.4) is 0 Å². The van der Waals surface area contributed by atoms with Crippen LogP contribution in [0.25, 0.3) is 44.3 Å². The first-order chi connectivity index (χ1) is 15.2. The van der Waals surface area contributed by atoms with Crippen LogP contribution in [-0.2, 0) is 10.1 Å². The number of fused-ring (bicyclic) bond motifs is 3. The molecule has 1 heterocycles. The molecule has 32 heavy (non-hydrogen) atoms. The van der Waals surface area contributed by atoms with Crippen LogP contribution in [0.2, 0.25) is 0 Å². The molecule has 5 N–H and O–H groups in total. The Morgan fingerprint density at radius 3 is 2.28 bits per heavy atom. The molecule has 160 valence electrons. The normalized spacial score (nSPS) is 11.9. The smallest absolute Gasteiger partial charge is 0.295 e. The Kier molecular flexibility index (Phi) is 4.33. The molecule has 8 nitrogen and oxygen atoms in total. The van der Waals surface area contributed by atoms with Crippen LogP contribution in [0, 0.1) is 0 Å². The monoisotopic (exact) mass is 448 g/mol. The Balaban J connectivity index is 1.72. The van der Waals surface area contributed by atoms with Gasteiger partial charge in [0.1, 0.15) is 33.5 Å². The molecule has 0 saturated heterocycles. The molecule has 0 aliphatic rings. The van der Waals surface area contributed by atoms with Gasteiger partial charge in [-0.2, -0.15) is 8.42 Å². The molecule has 0 spiro atoms. The minimum Gasteiger partial charge on any atom is -0.508 e. The number of imidazole rings is 1. The summed E-state index contributed by atoms with van der Waals surface area (Å²) in [5, 5.41) is 31.0. The molecule has 5 rings (SSSR count). The first-order valence-electron chi connectivity index (χ1n) is 9.47. The van der Waals surface area contributed by atoms with Gasteiger partial charge in [-0.3, -0.25) is 4.55 Å². The number of H-pyrrole nitrogens is 1. The summed E-state index contributed by atoms with van der Waals surface area (Å²) >= 11 is 0. The quantitative estimate of drug-likeness (QED) is 0.257. The second-order valence-corrected chi connectivity index (χ2v) is 8.70. The van der Waals surface area contributed by atoms with E-state index >= 15 is 0 Å². The summed E-state index contributed by atoms with van der Waals surface area (Å²) in [4.78, 5) is 7.07. The molecule has 0 radical (unpaired) electrons. The van der Waals surface area contributed by atoms with Gasteiger partial charge in [0.05, 0.1) is 16.5 Å². The van der Waals surface area contributed by atoms with E-state index in [1.54, 1.807) is 36.4 Å². The molecule has 0 aliphatic carbocycles. The SMILES string of the molecule is O=S(=O)(O)c1cc2[nH]c(-c3ccc(-c4cccc(O)c4)cc3O)nc2c2c(O)cccc12. The van der Waals surface area contributed by atoms with E-state index in [-0.39, 0.29) is 49.8 Å². The van der Waals surface area contributed by atoms with E-state index in [4.69, 9.17) is 0 Å². The first-order valence-corrected chi connectivity index (χ1v) is 10.9. The number of aromatic hydroxyl groups is 3. The highest BCUT2D eigenvalue weighted by Gasteiger charge is 2.21. The number of hydrogen-bond acceptors (Lipinski definition) is 6. The van der Waals surface area contributed by atoms with Crippen molar-refractivity contribution in [1.29, 1.82) is 0 Å². The molecule has 9 heteroatoms. The molecule has 1 aromatic heterocycles. The molecule has 0 fully saturated rings. The lowest BCUT2D eigenvalue weighted by atomic mass is 10.0. The largest absolute Gasteiger partial charge is 0.508 e. The summed E-state index contributed by atoms with van der Waals surface area (Å²) in [6, 6.07) is 17.1. The van der Waals surface area contributed by atoms with E-state index in [0.717, 1.165) is 0 Å². The van der Waals surface area contributed by atoms with E-state index in [0.29, 0.717) is 16.7 Å². The highest BCUT2D eigenvalue weighted by atomic mass is 32.2. The molecule has 0 atom stereocenters. The molecule has 0 saturated carbocycles. The van der Waals surface area contributed by atoms with Crippen molar-refractivity contribution >= 4 is 31.9 Å². The Bertz CT molecular complexity index is 1640. The second kappa shape index (κ2) is 6.98. The molecule has 0 amide bonds. The van der Waals surface area contributed by atoms with Gasteiger partial charge in [-0.25, -0.2) is 4.98 Å². The van der Waals surface area contributed by atoms with Crippen molar-refractivity contribution < 1.29 is 28.3 Å². The van der Waals surface area contributed by atoms with Gasteiger partial charge in [0, 0.05) is 5.39 Å². The summed E-state index contributed by atoms with van der Waals surface area (Å²) in [6.45, 7) is 0. The molecule has 0 bridgehead atoms. The highest BCUT2D eigenvalue weighted by molar-refractivity contribution is 7.86. The van der Waals surface area contributed by atoms with Crippen molar-refractivity contribution in [3.8, 4) is 39.8 Å². The van der Waals surface area contributed by atoms with Crippen LogP contribution in [0.5, 0.6) is 17.2 Å². The molecule has 4 aromatic carbocycles. The van der Waals surface area contributed by atoms with Crippen LogP contribution >= 0.6 is 0 Å². The van der Waals surface area contributed by atoms with Crippen LogP contribution in [0.1, 0.15) is 0 Å². The van der Waals surface area contributed by atoms with Gasteiger partial charge < -0.3 is 20.3 Å². The van der Waals surface area contributed by atoms with Crippen molar-refractivity contribution in [2.45, 2.75) is 4.90 Å². The molecule has 5 aromatic rings. The van der Waals surface area contributed by atoms with Gasteiger partial charge in [-0.15, -0.1) is 0 Å². The number of hydrogen-bond donors (Lipinski definition) is 5. The van der Waals surface area contributed by atoms with E-state index in [9.17, 15) is 28.3 Å². The zero-order valence-corrected chi connectivity index (χ0v) is 17.1. The lowest BCUT2D eigenvalue weighted by Gasteiger charge is -2.06. The summed E-state index contributed by atoms with van der Waals surface area (Å²) in [6.07, 6.45) is 0. The molecule has 0 aliphatic heterocycles. The van der Waals surface area contributed by atoms with Crippen LogP contribution in [0.4, 0.5) is 0 Å². The third-order valence-corrected chi connectivity index (χ3v) is 6.16. The van der Waals surface area contributed by atoms with Gasteiger partial charge in [0.2, 0.25) is 0 Å². The van der Waals surface area contributed by atoms with E-state index in [2.05, 4.69) is 9.97 Å². The van der Waals surface area contributed by atoms with Crippen molar-refractivity contribution in [3.05, 3.63) is 66.7 Å². The van der Waals surface area contributed by atoms with Gasteiger partial charge in [0.25, 0.3) is 10.1 Å². The first kappa shape index (κ1) is 19.9. The Labute approximate surface area is 181 Å². The fraction of sp³-hybridized carbons (Fsp3) is 0. The fourth-order valence-electron chi connectivity index (χ4n) is 3.82. The summed E-state index contributed by atoms with van der Waals surface area (Å²) in [5.41, 5.74) is 2.29. The van der Waals surface area contributed by atoms with E-state index in [1.807, 2.05) is 0 Å². The highest BCUT2D eigenvalue weighted by Crippen LogP contribution is 2.38. The molecular weight excluding hydrogens is 432 g/mol. The average molecular weight is 448 g/mol. The van der Waals surface area contributed by atoms with Crippen LogP contribution in [-0.4, -0.2) is 38.3 Å². The maximum absolute atomic E-state index is 11.9. The third kappa shape index (κ3) is 3.20. The van der Waals surface area contributed by atoms with Crippen molar-refractivity contribution in [2.75, 3.05) is 0 Å². The lowest BCUT2D eigenvalue weighted by molar-refractivity contribution is 0.474. The maximum Gasteiger partial charge on any atom is 0.295 e. The van der Waals surface area contributed by atoms with Gasteiger partial charge in [0.15, 0.2) is 0 Å². The number of nitrogens with one attached hydrogen (secondary N) is 1. The topological polar surface area (TPSA) is 144 Å². The second-order valence-electron chi connectivity index (χ2n) is 7.31. The predicted octanol–water partition coefficient (Wildman–Crippen LogP) is 4.41. The number of nitrogens with zero attached hydrogens (tertiary/aromatic N) is 1. The van der Waals surface area contributed by atoms with Crippen molar-refractivity contribution in [1.82, 2.24) is 9.97 Å². The zero-order chi connectivity index (χ0) is 22.6. The number of rotatable bonds is 3. The fourth-order valence-corrected chi connectivity index (χ4v) is 4.54. The van der Waals surface area contributed by atoms with E-state index in [1.165, 1.54) is 30.3 Å². The lowest BCUT2D eigenvalue weighted by Crippen LogP contribution is -1.99. The van der Waals surface area contributed by atoms with Crippen LogP contribution in [0.15, 0.2) is 71.6 Å². The van der Waals surface area contributed by atoms with Gasteiger partial charge in [-0.1, -0.05) is 30.3 Å². The van der Waals surface area contributed by atoms with Crippen molar-refractivity contribution in [2.24, 2.45) is 0 Å². The number of phenolic OH excluding ortho intramolecular Hbond substituents is 3. The van der Waals surface area contributed by atoms with Crippen LogP contribution < -0.4 is 0 Å². The maximum atomic E-state index is 11.9. The predicted molar refractivity (Wildman–Crippen MR) is 119 cm³/mol. The summed E-state index contributed by atoms with van der Waals surface area (Å²) in [7, 11) is -4.57. The number of aromatic amines is 1. The molecular formula is C23H16N2O6S. The van der Waals surface area contributed by atoms with Gasteiger partial charge >= 0.3 is 0 Å². The Morgan fingerprint density at radius 2 is 1.56 bits per heavy atom. The molecule has 0 unspecified atom stereocenters. The Hall–Kier alpha value is -4.08. The number of benzene rings is 4.